The van der Waals surface area contributed by atoms with Gasteiger partial charge in [0.25, 0.3) is 0 Å². The maximum atomic E-state index is 4.70. The van der Waals surface area contributed by atoms with E-state index in [1.807, 2.05) is 0 Å². The Morgan fingerprint density at radius 1 is 0.525 bits per heavy atom. The molecule has 0 atom stereocenters. The van der Waals surface area contributed by atoms with Crippen molar-refractivity contribution in [3.8, 4) is 0 Å². The Bertz CT molecular complexity index is 1320. The molecular weight excluding hydrogens is 496 g/mol. The molecule has 0 saturated heterocycles. The average molecular weight is 535 g/mol. The van der Waals surface area contributed by atoms with Crippen LogP contribution in [0.5, 0.6) is 0 Å². The zero-order valence-electron chi connectivity index (χ0n) is 23.9. The summed E-state index contributed by atoms with van der Waals surface area (Å²) < 4.78 is 0. The second kappa shape index (κ2) is 11.1. The monoisotopic (exact) mass is 534 g/mol. The molecule has 0 spiro atoms. The van der Waals surface area contributed by atoms with Gasteiger partial charge in [0.05, 0.1) is 13.3 Å². The molecule has 0 radical (unpaired) electrons. The van der Waals surface area contributed by atoms with Crippen molar-refractivity contribution in [3.63, 3.8) is 0 Å². The lowest BCUT2D eigenvalue weighted by molar-refractivity contribution is 0.673. The molecule has 8 nitrogen and oxygen atoms in total. The number of benzene rings is 2. The predicted molar refractivity (Wildman–Crippen MR) is 163 cm³/mol. The van der Waals surface area contributed by atoms with E-state index in [0.29, 0.717) is 11.8 Å². The van der Waals surface area contributed by atoms with Crippen LogP contribution in [0.2, 0.25) is 0 Å². The average Bonchev–Trinajstić information content (AvgIpc) is 3.54. The van der Waals surface area contributed by atoms with Gasteiger partial charge in [0, 0.05) is 49.3 Å². The molecule has 0 aliphatic carbocycles. The minimum Gasteiger partial charge on any atom is -0.335 e. The Kier molecular flexibility index (Phi) is 7.24. The van der Waals surface area contributed by atoms with Crippen molar-refractivity contribution >= 4 is 34.6 Å². The molecule has 0 saturated carbocycles. The van der Waals surface area contributed by atoms with Gasteiger partial charge in [-0.15, -0.1) is 0 Å². The van der Waals surface area contributed by atoms with E-state index in [1.54, 1.807) is 24.8 Å². The van der Waals surface area contributed by atoms with Crippen LogP contribution < -0.4 is 19.6 Å². The van der Waals surface area contributed by atoms with Crippen LogP contribution in [0.3, 0.4) is 0 Å². The summed E-state index contributed by atoms with van der Waals surface area (Å²) in [4.78, 5) is 28.0. The highest BCUT2D eigenvalue weighted by Crippen LogP contribution is 2.39. The molecule has 0 fully saturated rings. The molecule has 0 amide bonds. The van der Waals surface area contributed by atoms with Crippen LogP contribution in [-0.4, -0.2) is 46.4 Å². The van der Waals surface area contributed by atoms with Crippen molar-refractivity contribution < 1.29 is 0 Å². The van der Waals surface area contributed by atoms with Crippen molar-refractivity contribution in [2.45, 2.75) is 52.4 Å². The van der Waals surface area contributed by atoms with Gasteiger partial charge in [-0.25, -0.2) is 19.9 Å². The van der Waals surface area contributed by atoms with Crippen LogP contribution in [0.25, 0.3) is 0 Å². The first-order chi connectivity index (χ1) is 19.5. The van der Waals surface area contributed by atoms with E-state index < -0.39 is 0 Å². The lowest BCUT2D eigenvalue weighted by Crippen LogP contribution is -2.31. The molecule has 2 aliphatic rings. The third-order valence-corrected chi connectivity index (χ3v) is 7.90. The summed E-state index contributed by atoms with van der Waals surface area (Å²) >= 11 is 0. The number of rotatable bonds is 9. The summed E-state index contributed by atoms with van der Waals surface area (Å²) in [7, 11) is 0. The highest BCUT2D eigenvalue weighted by molar-refractivity contribution is 5.77. The zero-order chi connectivity index (χ0) is 27.6. The largest absolute Gasteiger partial charge is 0.335 e. The molecule has 4 aromatic rings. The van der Waals surface area contributed by atoms with Crippen LogP contribution in [-0.2, 0) is 0 Å². The van der Waals surface area contributed by atoms with Crippen molar-refractivity contribution in [1.82, 2.24) is 19.9 Å². The van der Waals surface area contributed by atoms with E-state index in [4.69, 9.17) is 9.97 Å². The van der Waals surface area contributed by atoms with E-state index in [9.17, 15) is 0 Å². The maximum absolute atomic E-state index is 4.70. The summed E-state index contributed by atoms with van der Waals surface area (Å²) in [5, 5.41) is 0. The lowest BCUT2D eigenvalue weighted by atomic mass is 10.0. The SMILES string of the molecule is CC(C)c1ccc(N2CN(CCCCN3CN(c4ccc(C(C)C)cc4)c4nccnc43)c3nccnc32)cc1. The van der Waals surface area contributed by atoms with E-state index in [2.05, 4.69) is 106 Å². The van der Waals surface area contributed by atoms with Gasteiger partial charge in [-0.2, -0.15) is 0 Å². The normalized spacial score (nSPS) is 14.4. The van der Waals surface area contributed by atoms with E-state index >= 15 is 0 Å². The van der Waals surface area contributed by atoms with Gasteiger partial charge >= 0.3 is 0 Å². The first-order valence-electron chi connectivity index (χ1n) is 14.4. The minimum absolute atomic E-state index is 0.516. The first-order valence-corrected chi connectivity index (χ1v) is 14.4. The van der Waals surface area contributed by atoms with Gasteiger partial charge in [0.15, 0.2) is 23.3 Å². The smallest absolute Gasteiger partial charge is 0.178 e. The van der Waals surface area contributed by atoms with Crippen molar-refractivity contribution in [1.29, 1.82) is 0 Å². The fraction of sp³-hybridized carbons (Fsp3) is 0.375. The molecule has 6 rings (SSSR count). The highest BCUT2D eigenvalue weighted by Gasteiger charge is 2.31. The summed E-state index contributed by atoms with van der Waals surface area (Å²) in [5.74, 6) is 4.82. The third-order valence-electron chi connectivity index (χ3n) is 7.90. The van der Waals surface area contributed by atoms with Crippen LogP contribution in [0.4, 0.5) is 34.6 Å². The fourth-order valence-electron chi connectivity index (χ4n) is 5.53. The molecule has 40 heavy (non-hydrogen) atoms. The van der Waals surface area contributed by atoms with E-state index in [1.165, 1.54) is 11.1 Å². The maximum Gasteiger partial charge on any atom is 0.178 e. The van der Waals surface area contributed by atoms with Crippen LogP contribution >= 0.6 is 0 Å². The number of nitrogens with zero attached hydrogens (tertiary/aromatic N) is 8. The highest BCUT2D eigenvalue weighted by atomic mass is 15.4. The molecule has 4 heterocycles. The predicted octanol–water partition coefficient (Wildman–Crippen LogP) is 6.83. The molecule has 2 aromatic carbocycles. The minimum atomic E-state index is 0.516. The van der Waals surface area contributed by atoms with Gasteiger partial charge in [0.2, 0.25) is 0 Å². The quantitative estimate of drug-likeness (QED) is 0.217. The molecule has 206 valence electrons. The van der Waals surface area contributed by atoms with Crippen molar-refractivity contribution in [2.75, 3.05) is 46.0 Å². The van der Waals surface area contributed by atoms with Gasteiger partial charge in [-0.05, 0) is 60.1 Å². The lowest BCUT2D eigenvalue weighted by Gasteiger charge is -2.23. The summed E-state index contributed by atoms with van der Waals surface area (Å²) in [5.41, 5.74) is 5.00. The molecule has 0 N–H and O–H groups in total. The second-order valence-electron chi connectivity index (χ2n) is 11.3. The number of anilines is 6. The standard InChI is InChI=1S/C32H38N8/c1-23(2)25-7-11-27(12-8-25)39-21-37(29-31(39)35-17-15-33-29)19-5-6-20-38-22-40(32-30(38)34-16-18-36-32)28-13-9-26(10-14-28)24(3)4/h7-18,23-24H,5-6,19-22H2,1-4H3. The Labute approximate surface area is 237 Å². The zero-order valence-corrected chi connectivity index (χ0v) is 23.9. The van der Waals surface area contributed by atoms with Gasteiger partial charge < -0.3 is 19.6 Å². The van der Waals surface area contributed by atoms with Crippen molar-refractivity contribution in [3.05, 3.63) is 84.4 Å². The van der Waals surface area contributed by atoms with Crippen molar-refractivity contribution in [2.24, 2.45) is 0 Å². The van der Waals surface area contributed by atoms with Gasteiger partial charge in [-0.3, -0.25) is 0 Å². The van der Waals surface area contributed by atoms with Crippen LogP contribution in [0, 0.1) is 0 Å². The Morgan fingerprint density at radius 3 is 1.23 bits per heavy atom. The number of hydrogen-bond acceptors (Lipinski definition) is 8. The van der Waals surface area contributed by atoms with E-state index in [0.717, 1.165) is 73.9 Å². The van der Waals surface area contributed by atoms with Gasteiger partial charge in [0.1, 0.15) is 0 Å². The number of unbranched alkanes of at least 4 members (excludes halogenated alkanes) is 1. The number of fused-ring (bicyclic) bond motifs is 2. The Balaban J connectivity index is 1.09. The Hall–Kier alpha value is -4.20. The second-order valence-corrected chi connectivity index (χ2v) is 11.3. The molecule has 0 unspecified atom stereocenters. The molecule has 2 aliphatic heterocycles. The fourth-order valence-corrected chi connectivity index (χ4v) is 5.53. The van der Waals surface area contributed by atoms with E-state index in [-0.39, 0.29) is 0 Å². The summed E-state index contributed by atoms with van der Waals surface area (Å²) in [6, 6.07) is 17.7. The molecule has 8 heteroatoms. The molecule has 0 bridgehead atoms. The number of aromatic nitrogens is 4. The Morgan fingerprint density at radius 2 is 0.875 bits per heavy atom. The van der Waals surface area contributed by atoms with Gasteiger partial charge in [-0.1, -0.05) is 52.0 Å². The first kappa shape index (κ1) is 26.0. The van der Waals surface area contributed by atoms with Crippen LogP contribution in [0.15, 0.2) is 73.3 Å². The molecule has 2 aromatic heterocycles. The third kappa shape index (κ3) is 5.06. The molecular formula is C32H38N8. The number of hydrogen-bond donors (Lipinski definition) is 0. The summed E-state index contributed by atoms with van der Waals surface area (Å²) in [6.07, 6.45) is 9.24. The topological polar surface area (TPSA) is 64.5 Å². The van der Waals surface area contributed by atoms with Crippen LogP contribution in [0.1, 0.15) is 63.5 Å². The summed E-state index contributed by atoms with van der Waals surface area (Å²) in [6.45, 7) is 12.3.